The fourth-order valence-electron chi connectivity index (χ4n) is 3.79. The van der Waals surface area contributed by atoms with E-state index in [0.29, 0.717) is 41.1 Å². The predicted octanol–water partition coefficient (Wildman–Crippen LogP) is 8.38. The largest absolute Gasteiger partial charge is 0.445 e. The van der Waals surface area contributed by atoms with Crippen molar-refractivity contribution in [3.8, 4) is 0 Å². The predicted molar refractivity (Wildman–Crippen MR) is 152 cm³/mol. The smallest absolute Gasteiger partial charge is 0.416 e. The minimum absolute atomic E-state index is 0.134. The summed E-state index contributed by atoms with van der Waals surface area (Å²) in [6, 6.07) is 9.36. The van der Waals surface area contributed by atoms with Crippen LogP contribution in [0.15, 0.2) is 75.0 Å². The van der Waals surface area contributed by atoms with Crippen molar-refractivity contribution in [1.82, 2.24) is 9.97 Å². The van der Waals surface area contributed by atoms with Gasteiger partial charge in [0.15, 0.2) is 0 Å². The van der Waals surface area contributed by atoms with Gasteiger partial charge in [0.1, 0.15) is 23.9 Å². The van der Waals surface area contributed by atoms with Crippen LogP contribution in [0, 0.1) is 0 Å². The van der Waals surface area contributed by atoms with Gasteiger partial charge in [-0.1, -0.05) is 29.4 Å². The first kappa shape index (κ1) is 33.2. The van der Waals surface area contributed by atoms with Crippen molar-refractivity contribution in [2.75, 3.05) is 13.2 Å². The van der Waals surface area contributed by atoms with Gasteiger partial charge in [-0.25, -0.2) is 9.97 Å². The van der Waals surface area contributed by atoms with Gasteiger partial charge in [-0.2, -0.15) is 26.3 Å². The zero-order valence-electron chi connectivity index (χ0n) is 23.5. The average molecular weight is 636 g/mol. The zero-order chi connectivity index (χ0) is 32.3. The number of oxime groups is 1. The van der Waals surface area contributed by atoms with Gasteiger partial charge in [0.25, 0.3) is 0 Å². The van der Waals surface area contributed by atoms with Crippen molar-refractivity contribution in [3.05, 3.63) is 106 Å². The van der Waals surface area contributed by atoms with Crippen LogP contribution in [0.3, 0.4) is 0 Å². The Bertz CT molecular complexity index is 1470. The van der Waals surface area contributed by atoms with Crippen LogP contribution in [0.5, 0.6) is 0 Å². The molecule has 0 saturated heterocycles. The lowest BCUT2D eigenvalue weighted by Gasteiger charge is -2.06. The molecule has 0 fully saturated rings. The van der Waals surface area contributed by atoms with Crippen molar-refractivity contribution < 1.29 is 49.9 Å². The average Bonchev–Trinajstić information content (AvgIpc) is 3.67. The third-order valence-corrected chi connectivity index (χ3v) is 6.16. The Morgan fingerprint density at radius 1 is 0.667 bits per heavy atom. The van der Waals surface area contributed by atoms with Crippen LogP contribution < -0.4 is 0 Å². The van der Waals surface area contributed by atoms with Crippen molar-refractivity contribution in [1.29, 1.82) is 0 Å². The number of rotatable bonds is 14. The van der Waals surface area contributed by atoms with E-state index in [2.05, 4.69) is 15.1 Å². The van der Waals surface area contributed by atoms with Crippen molar-refractivity contribution in [3.63, 3.8) is 0 Å². The van der Waals surface area contributed by atoms with Crippen LogP contribution in [0.1, 0.15) is 58.3 Å². The maximum Gasteiger partial charge on any atom is 0.416 e. The van der Waals surface area contributed by atoms with Gasteiger partial charge in [0.05, 0.1) is 43.3 Å². The van der Waals surface area contributed by atoms with Gasteiger partial charge in [0.2, 0.25) is 11.8 Å². The van der Waals surface area contributed by atoms with E-state index in [9.17, 15) is 31.5 Å². The van der Waals surface area contributed by atoms with E-state index in [1.54, 1.807) is 12.2 Å². The standard InChI is InChI=1S/C31H27F6N3O5/c32-30(33,34)23-7-1-21(2-8-23)5-11-28-38-26(19-44-28)17-42-15-13-25(40-41)14-16-43-18-27-20-45-29(39-27)12-6-22-3-9-24(10-4-22)31(35,36)37/h1-12,19-20,41H,13-18H2/b11-5+,12-6+. The fraction of sp³-hybridized carbons (Fsp3) is 0.258. The molecule has 4 rings (SSSR count). The molecule has 0 bridgehead atoms. The Labute approximate surface area is 253 Å². The van der Waals surface area contributed by atoms with Gasteiger partial charge in [-0.3, -0.25) is 0 Å². The van der Waals surface area contributed by atoms with Gasteiger partial charge >= 0.3 is 12.4 Å². The minimum atomic E-state index is -4.40. The van der Waals surface area contributed by atoms with E-state index in [1.165, 1.54) is 48.9 Å². The van der Waals surface area contributed by atoms with E-state index in [4.69, 9.17) is 18.3 Å². The van der Waals surface area contributed by atoms with E-state index < -0.39 is 23.5 Å². The third-order valence-electron chi connectivity index (χ3n) is 6.16. The van der Waals surface area contributed by atoms with E-state index >= 15 is 0 Å². The highest BCUT2D eigenvalue weighted by atomic mass is 19.4. The maximum absolute atomic E-state index is 12.7. The monoisotopic (exact) mass is 635 g/mol. The van der Waals surface area contributed by atoms with Crippen molar-refractivity contribution >= 4 is 30.0 Å². The second-order valence-electron chi connectivity index (χ2n) is 9.53. The number of halogens is 6. The summed E-state index contributed by atoms with van der Waals surface area (Å²) in [6.45, 7) is 0.741. The number of benzene rings is 2. The molecule has 0 spiro atoms. The molecule has 2 aromatic heterocycles. The van der Waals surface area contributed by atoms with Crippen LogP contribution in [0.25, 0.3) is 24.3 Å². The molecule has 45 heavy (non-hydrogen) atoms. The second-order valence-corrected chi connectivity index (χ2v) is 9.53. The first-order valence-electron chi connectivity index (χ1n) is 13.4. The van der Waals surface area contributed by atoms with Gasteiger partial charge in [-0.05, 0) is 47.5 Å². The molecule has 0 aliphatic heterocycles. The number of aromatic nitrogens is 2. The summed E-state index contributed by atoms with van der Waals surface area (Å²) in [7, 11) is 0. The van der Waals surface area contributed by atoms with E-state index in [-0.39, 0.29) is 38.2 Å². The molecular weight excluding hydrogens is 608 g/mol. The van der Waals surface area contributed by atoms with Crippen LogP contribution in [0.2, 0.25) is 0 Å². The number of alkyl halides is 6. The first-order chi connectivity index (χ1) is 21.5. The Morgan fingerprint density at radius 3 is 1.42 bits per heavy atom. The lowest BCUT2D eigenvalue weighted by Crippen LogP contribution is -2.09. The molecule has 0 atom stereocenters. The molecule has 2 heterocycles. The zero-order valence-corrected chi connectivity index (χ0v) is 23.5. The molecule has 238 valence electrons. The lowest BCUT2D eigenvalue weighted by atomic mass is 10.1. The highest BCUT2D eigenvalue weighted by Crippen LogP contribution is 2.30. The quantitative estimate of drug-likeness (QED) is 0.0488. The summed E-state index contributed by atoms with van der Waals surface area (Å²) in [6.07, 6.45) is 0.902. The van der Waals surface area contributed by atoms with Gasteiger partial charge in [0, 0.05) is 25.0 Å². The summed E-state index contributed by atoms with van der Waals surface area (Å²) < 4.78 is 97.8. The normalized spacial score (nSPS) is 12.4. The number of ether oxygens (including phenoxy) is 2. The molecule has 0 radical (unpaired) electrons. The number of hydrogen-bond donors (Lipinski definition) is 1. The highest BCUT2D eigenvalue weighted by molar-refractivity contribution is 5.84. The highest BCUT2D eigenvalue weighted by Gasteiger charge is 2.30. The van der Waals surface area contributed by atoms with Crippen LogP contribution in [-0.4, -0.2) is 34.1 Å². The second kappa shape index (κ2) is 15.3. The summed E-state index contributed by atoms with van der Waals surface area (Å²) in [5.41, 5.74) is 1.12. The first-order valence-corrected chi connectivity index (χ1v) is 13.4. The topological polar surface area (TPSA) is 103 Å². The molecule has 4 aromatic rings. The number of hydrogen-bond acceptors (Lipinski definition) is 8. The summed E-state index contributed by atoms with van der Waals surface area (Å²) in [5, 5.41) is 12.6. The molecule has 8 nitrogen and oxygen atoms in total. The summed E-state index contributed by atoms with van der Waals surface area (Å²) in [5.74, 6) is 0.523. The Morgan fingerprint density at radius 2 is 1.07 bits per heavy atom. The molecule has 0 aliphatic rings. The SMILES string of the molecule is ON=C(CCOCc1coc(/C=C/c2ccc(C(F)(F)F)cc2)n1)CCOCc1coc(/C=C/c2ccc(C(F)(F)F)cc2)n1. The molecule has 1 N–H and O–H groups in total. The minimum Gasteiger partial charge on any atom is -0.445 e. The Balaban J connectivity index is 1.11. The number of nitrogens with zero attached hydrogens (tertiary/aromatic N) is 3. The van der Waals surface area contributed by atoms with Crippen LogP contribution in [0.4, 0.5) is 26.3 Å². The Kier molecular flexibility index (Phi) is 11.3. The molecular formula is C31H27F6N3O5. The maximum atomic E-state index is 12.7. The van der Waals surface area contributed by atoms with E-state index in [0.717, 1.165) is 24.3 Å². The molecule has 2 aromatic carbocycles. The molecule has 0 saturated carbocycles. The number of oxazole rings is 2. The van der Waals surface area contributed by atoms with Gasteiger partial charge < -0.3 is 23.5 Å². The summed E-state index contributed by atoms with van der Waals surface area (Å²) in [4.78, 5) is 8.47. The Hall–Kier alpha value is -4.69. The van der Waals surface area contributed by atoms with Crippen LogP contribution in [-0.2, 0) is 35.0 Å². The van der Waals surface area contributed by atoms with Gasteiger partial charge in [-0.15, -0.1) is 0 Å². The lowest BCUT2D eigenvalue weighted by molar-refractivity contribution is -0.138. The van der Waals surface area contributed by atoms with Crippen molar-refractivity contribution in [2.45, 2.75) is 38.4 Å². The van der Waals surface area contributed by atoms with Crippen molar-refractivity contribution in [2.24, 2.45) is 5.16 Å². The molecule has 0 aliphatic carbocycles. The molecule has 0 amide bonds. The molecule has 0 unspecified atom stereocenters. The summed E-state index contributed by atoms with van der Waals surface area (Å²) >= 11 is 0. The van der Waals surface area contributed by atoms with Crippen LogP contribution >= 0.6 is 0 Å². The third kappa shape index (κ3) is 10.8. The van der Waals surface area contributed by atoms with E-state index in [1.807, 2.05) is 0 Å². The fourth-order valence-corrected chi connectivity index (χ4v) is 3.79. The molecule has 14 heteroatoms.